The van der Waals surface area contributed by atoms with Crippen LogP contribution in [0.4, 0.5) is 5.69 Å². The largest absolute Gasteiger partial charge is 2.00 e. The monoisotopic (exact) mass is 860 g/mol. The van der Waals surface area contributed by atoms with Gasteiger partial charge in [-0.3, -0.25) is 0 Å². The Balaban J connectivity index is 0.00000210. The number of aromatic nitrogens is 5. The zero-order valence-corrected chi connectivity index (χ0v) is 30.6. The summed E-state index contributed by atoms with van der Waals surface area (Å²) >= 11 is 0. The third kappa shape index (κ3) is 7.12. The molecule has 0 spiro atoms. The maximum atomic E-state index is 6.33. The molecule has 0 radical (unpaired) electrons. The topological polar surface area (TPSA) is 78.2 Å². The molecule has 0 N–H and O–H groups in total. The van der Waals surface area contributed by atoms with E-state index < -0.39 is 0 Å². The molecule has 8 aromatic rings. The summed E-state index contributed by atoms with van der Waals surface area (Å²) in [5.74, 6) is 2.68. The van der Waals surface area contributed by atoms with E-state index in [0.29, 0.717) is 28.9 Å². The van der Waals surface area contributed by atoms with Crippen LogP contribution in [-0.4, -0.2) is 37.6 Å². The van der Waals surface area contributed by atoms with E-state index in [2.05, 4.69) is 39.1 Å². The van der Waals surface area contributed by atoms with Crippen LogP contribution in [0.15, 0.2) is 122 Å². The van der Waals surface area contributed by atoms with Crippen LogP contribution in [-0.2, 0) is 40.8 Å². The van der Waals surface area contributed by atoms with Gasteiger partial charge >= 0.3 is 40.8 Å². The van der Waals surface area contributed by atoms with Crippen molar-refractivity contribution in [3.63, 3.8) is 0 Å². The molecule has 4 aromatic carbocycles. The van der Waals surface area contributed by atoms with Crippen LogP contribution in [0.1, 0.15) is 12.8 Å². The fraction of sp³-hybridized carbons (Fsp3) is 0.0952. The summed E-state index contributed by atoms with van der Waals surface area (Å²) in [6.07, 6.45) is 9.66. The molecule has 0 atom stereocenters. The molecule has 4 aromatic heterocycles. The molecular weight excluding hydrogens is 833 g/mol. The normalized spacial score (nSPS) is 12.3. The summed E-state index contributed by atoms with van der Waals surface area (Å²) in [5, 5.41) is 1.91. The van der Waals surface area contributed by atoms with Crippen LogP contribution < -0.4 is 14.4 Å². The second-order valence-corrected chi connectivity index (χ2v) is 11.9. The number of hydrogen-bond donors (Lipinski definition) is 0. The van der Waals surface area contributed by atoms with Crippen molar-refractivity contribution in [1.29, 1.82) is 0 Å². The van der Waals surface area contributed by atoms with Gasteiger partial charge in [0.05, 0.1) is 18.1 Å². The van der Waals surface area contributed by atoms with Crippen molar-refractivity contribution in [3.8, 4) is 51.5 Å². The van der Waals surface area contributed by atoms with Crippen molar-refractivity contribution in [2.45, 2.75) is 12.8 Å². The number of benzene rings is 4. The Bertz CT molecular complexity index is 2310. The van der Waals surface area contributed by atoms with E-state index >= 15 is 0 Å². The molecule has 0 amide bonds. The summed E-state index contributed by atoms with van der Waals surface area (Å²) in [6, 6.07) is 44.7. The predicted molar refractivity (Wildman–Crippen MR) is 193 cm³/mol. The summed E-state index contributed by atoms with van der Waals surface area (Å²) in [6.45, 7) is 2.02. The molecule has 0 unspecified atom stereocenters. The number of ether oxygens (including phenoxy) is 2. The Hall–Kier alpha value is -5.22. The first-order valence-corrected chi connectivity index (χ1v) is 16.5. The van der Waals surface area contributed by atoms with Gasteiger partial charge in [-0.1, -0.05) is 47.4 Å². The van der Waals surface area contributed by atoms with Crippen LogP contribution in [0.3, 0.4) is 0 Å². The van der Waals surface area contributed by atoms with Gasteiger partial charge in [-0.05, 0) is 36.4 Å². The maximum Gasteiger partial charge on any atom is 2.00 e. The predicted octanol–water partition coefficient (Wildman–Crippen LogP) is 9.08. The minimum atomic E-state index is 0. The molecular formula is C42H28N6O2Pd2. The van der Waals surface area contributed by atoms with Crippen LogP contribution in [0, 0.1) is 24.3 Å². The van der Waals surface area contributed by atoms with E-state index in [1.165, 1.54) is 12.8 Å². The zero-order valence-electron chi connectivity index (χ0n) is 27.5. The van der Waals surface area contributed by atoms with Gasteiger partial charge in [0, 0.05) is 48.5 Å². The molecule has 8 nitrogen and oxygen atoms in total. The van der Waals surface area contributed by atoms with Gasteiger partial charge < -0.3 is 28.9 Å². The molecule has 258 valence electrons. The third-order valence-corrected chi connectivity index (χ3v) is 8.69. The first-order valence-electron chi connectivity index (χ1n) is 16.5. The van der Waals surface area contributed by atoms with E-state index in [0.717, 1.165) is 63.1 Å². The van der Waals surface area contributed by atoms with Gasteiger partial charge in [-0.25, -0.2) is 9.97 Å². The number of nitrogens with zero attached hydrogens (tertiary/aromatic N) is 6. The van der Waals surface area contributed by atoms with E-state index in [1.54, 1.807) is 12.4 Å². The van der Waals surface area contributed by atoms with E-state index in [1.807, 2.05) is 114 Å². The van der Waals surface area contributed by atoms with Gasteiger partial charge in [-0.15, -0.1) is 71.8 Å². The molecule has 10 heteroatoms. The van der Waals surface area contributed by atoms with Gasteiger partial charge in [-0.2, -0.15) is 22.9 Å². The standard InChI is InChI=1S/C42H28N6O2.2Pd/c1-3-19-43-38(13-1)29-9-7-11-32(23-29)49-34-15-17-36-37-18-16-35(50-33-12-8-10-30(24-33)39-14-2-4-20-44-39)26-41(37)48(40(36)25-34)42-45-27-31(28-46-42)47-21-5-6-22-47;;/h1-4,7-20,27-28H,5-6,21-22H2;;/q-4;2*+2. The van der Waals surface area contributed by atoms with Crippen LogP contribution in [0.25, 0.3) is 50.3 Å². The zero-order chi connectivity index (χ0) is 33.3. The quantitative estimate of drug-likeness (QED) is 0.112. The fourth-order valence-electron chi connectivity index (χ4n) is 6.31. The molecule has 1 saturated heterocycles. The number of anilines is 1. The number of rotatable bonds is 8. The van der Waals surface area contributed by atoms with Crippen LogP contribution in [0.2, 0.25) is 0 Å². The molecule has 0 saturated carbocycles. The Morgan fingerprint density at radius 2 is 1.00 bits per heavy atom. The molecule has 1 fully saturated rings. The molecule has 1 aliphatic heterocycles. The van der Waals surface area contributed by atoms with E-state index in [9.17, 15) is 0 Å². The summed E-state index contributed by atoms with van der Waals surface area (Å²) in [7, 11) is 0. The van der Waals surface area contributed by atoms with Crippen molar-refractivity contribution >= 4 is 27.5 Å². The summed E-state index contributed by atoms with van der Waals surface area (Å²) < 4.78 is 14.6. The number of pyridine rings is 2. The smallest absolute Gasteiger partial charge is 0.503 e. The number of fused-ring (bicyclic) bond motifs is 3. The Labute approximate surface area is 328 Å². The van der Waals surface area contributed by atoms with Crippen LogP contribution >= 0.6 is 0 Å². The molecule has 0 bridgehead atoms. The molecule has 9 rings (SSSR count). The molecule has 1 aliphatic rings. The molecule has 0 aliphatic carbocycles. The van der Waals surface area contributed by atoms with Crippen molar-refractivity contribution in [2.75, 3.05) is 18.0 Å². The van der Waals surface area contributed by atoms with Gasteiger partial charge in [0.1, 0.15) is 0 Å². The Morgan fingerprint density at radius 3 is 1.48 bits per heavy atom. The number of hydrogen-bond acceptors (Lipinski definition) is 7. The molecule has 52 heavy (non-hydrogen) atoms. The van der Waals surface area contributed by atoms with Crippen molar-refractivity contribution in [3.05, 3.63) is 146 Å². The minimum absolute atomic E-state index is 0. The SMILES string of the molecule is [Pd+2].[Pd+2].[c-]1c(Oc2[c-]c3c(cc2)c2ccc(Oc4[c-]c(-c5ccccn5)ccc4)[c-]c2n3-c2ncc(N3CCCC3)cn2)cccc1-c1ccccn1. The summed E-state index contributed by atoms with van der Waals surface area (Å²) in [4.78, 5) is 20.9. The first-order chi connectivity index (χ1) is 24.7. The van der Waals surface area contributed by atoms with Crippen molar-refractivity contribution in [1.82, 2.24) is 24.5 Å². The summed E-state index contributed by atoms with van der Waals surface area (Å²) in [5.41, 5.74) is 5.85. The average Bonchev–Trinajstić information content (AvgIpc) is 3.83. The van der Waals surface area contributed by atoms with Gasteiger partial charge in [0.15, 0.2) is 0 Å². The second kappa shape index (κ2) is 15.6. The minimum Gasteiger partial charge on any atom is -0.503 e. The van der Waals surface area contributed by atoms with Gasteiger partial charge in [0.25, 0.3) is 0 Å². The van der Waals surface area contributed by atoms with Gasteiger partial charge in [0.2, 0.25) is 5.95 Å². The van der Waals surface area contributed by atoms with Crippen molar-refractivity contribution < 1.29 is 50.3 Å². The average molecular weight is 862 g/mol. The van der Waals surface area contributed by atoms with E-state index in [4.69, 9.17) is 19.4 Å². The Morgan fingerprint density at radius 1 is 0.500 bits per heavy atom. The second-order valence-electron chi connectivity index (χ2n) is 11.9. The maximum absolute atomic E-state index is 6.33. The Kier molecular flexibility index (Phi) is 10.5. The van der Waals surface area contributed by atoms with E-state index in [-0.39, 0.29) is 40.8 Å². The van der Waals surface area contributed by atoms with Crippen LogP contribution in [0.5, 0.6) is 23.0 Å². The molecule has 5 heterocycles. The van der Waals surface area contributed by atoms with Crippen molar-refractivity contribution in [2.24, 2.45) is 0 Å². The third-order valence-electron chi connectivity index (χ3n) is 8.69. The fourth-order valence-corrected chi connectivity index (χ4v) is 6.31. The first kappa shape index (κ1) is 35.2.